The number of amides is 1. The highest BCUT2D eigenvalue weighted by Crippen LogP contribution is 2.45. The van der Waals surface area contributed by atoms with Gasteiger partial charge in [0.1, 0.15) is 17.3 Å². The molecule has 4 rings (SSSR count). The number of methoxy groups -OCH3 is 2. The molecule has 6 nitrogen and oxygen atoms in total. The van der Waals surface area contributed by atoms with Crippen LogP contribution in [0.25, 0.3) is 5.76 Å². The summed E-state index contributed by atoms with van der Waals surface area (Å²) in [4.78, 5) is 28.1. The van der Waals surface area contributed by atoms with Gasteiger partial charge in [0.05, 0.1) is 30.3 Å². The van der Waals surface area contributed by atoms with Crippen molar-refractivity contribution in [1.29, 1.82) is 0 Å². The van der Waals surface area contributed by atoms with Crippen LogP contribution >= 0.6 is 15.9 Å². The number of anilines is 1. The summed E-state index contributed by atoms with van der Waals surface area (Å²) in [6.45, 7) is 1.87. The van der Waals surface area contributed by atoms with E-state index in [2.05, 4.69) is 15.9 Å². The first-order chi connectivity index (χ1) is 15.9. The van der Waals surface area contributed by atoms with Gasteiger partial charge in [-0.2, -0.15) is 0 Å². The number of para-hydroxylation sites is 2. The minimum absolute atomic E-state index is 0.00943. The van der Waals surface area contributed by atoms with Gasteiger partial charge in [-0.15, -0.1) is 0 Å². The Kier molecular flexibility index (Phi) is 6.24. The number of halogens is 1. The first-order valence-corrected chi connectivity index (χ1v) is 11.0. The molecule has 0 aromatic heterocycles. The Morgan fingerprint density at radius 1 is 0.939 bits per heavy atom. The number of aliphatic hydroxyl groups is 1. The topological polar surface area (TPSA) is 76.1 Å². The van der Waals surface area contributed by atoms with Crippen molar-refractivity contribution in [2.45, 2.75) is 13.0 Å². The summed E-state index contributed by atoms with van der Waals surface area (Å²) in [7, 11) is 3.06. The molecule has 0 spiro atoms. The summed E-state index contributed by atoms with van der Waals surface area (Å²) in [6.07, 6.45) is 0. The third-order valence-corrected chi connectivity index (χ3v) is 6.30. The number of hydrogen-bond donors (Lipinski definition) is 1. The largest absolute Gasteiger partial charge is 0.507 e. The molecule has 0 aliphatic carbocycles. The van der Waals surface area contributed by atoms with Crippen LogP contribution in [-0.2, 0) is 9.59 Å². The fraction of sp³-hybridized carbons (Fsp3) is 0.154. The molecule has 1 fully saturated rings. The number of ketones is 1. The van der Waals surface area contributed by atoms with Gasteiger partial charge in [0.15, 0.2) is 0 Å². The van der Waals surface area contributed by atoms with Crippen molar-refractivity contribution in [1.82, 2.24) is 0 Å². The van der Waals surface area contributed by atoms with E-state index in [-0.39, 0.29) is 11.3 Å². The minimum Gasteiger partial charge on any atom is -0.507 e. The van der Waals surface area contributed by atoms with Crippen molar-refractivity contribution in [3.05, 3.63) is 93.5 Å². The summed E-state index contributed by atoms with van der Waals surface area (Å²) in [6, 6.07) is 18.6. The van der Waals surface area contributed by atoms with Crippen molar-refractivity contribution in [2.75, 3.05) is 19.1 Å². The number of Topliss-reactive ketones (excluding diaryl/α,β-unsaturated/α-hetero) is 1. The molecule has 0 radical (unpaired) electrons. The molecule has 1 amide bonds. The van der Waals surface area contributed by atoms with Crippen molar-refractivity contribution < 1.29 is 24.2 Å². The van der Waals surface area contributed by atoms with Crippen LogP contribution in [0, 0.1) is 6.92 Å². The molecule has 33 heavy (non-hydrogen) atoms. The second-order valence-corrected chi connectivity index (χ2v) is 8.40. The van der Waals surface area contributed by atoms with Crippen LogP contribution in [0.1, 0.15) is 22.7 Å². The highest BCUT2D eigenvalue weighted by molar-refractivity contribution is 9.10. The zero-order valence-corrected chi connectivity index (χ0v) is 19.9. The molecule has 0 saturated carbocycles. The summed E-state index contributed by atoms with van der Waals surface area (Å²) in [5.41, 5.74) is 2.38. The van der Waals surface area contributed by atoms with E-state index in [0.717, 1.165) is 5.56 Å². The predicted octanol–water partition coefficient (Wildman–Crippen LogP) is 5.40. The van der Waals surface area contributed by atoms with Gasteiger partial charge < -0.3 is 14.6 Å². The van der Waals surface area contributed by atoms with E-state index in [0.29, 0.717) is 32.8 Å². The van der Waals surface area contributed by atoms with Crippen LogP contribution in [0.4, 0.5) is 5.69 Å². The van der Waals surface area contributed by atoms with Gasteiger partial charge in [-0.25, -0.2) is 0 Å². The number of aliphatic hydroxyl groups excluding tert-OH is 1. The van der Waals surface area contributed by atoms with Gasteiger partial charge in [-0.1, -0.05) is 36.4 Å². The first kappa shape index (κ1) is 22.6. The Hall–Kier alpha value is -3.58. The van der Waals surface area contributed by atoms with E-state index in [1.807, 2.05) is 31.2 Å². The molecule has 3 aromatic rings. The molecule has 7 heteroatoms. The molecule has 3 aromatic carbocycles. The first-order valence-electron chi connectivity index (χ1n) is 10.2. The average molecular weight is 508 g/mol. The Morgan fingerprint density at radius 3 is 2.27 bits per heavy atom. The van der Waals surface area contributed by atoms with E-state index in [1.165, 1.54) is 19.1 Å². The third kappa shape index (κ3) is 3.89. The maximum absolute atomic E-state index is 13.3. The molecular weight excluding hydrogens is 486 g/mol. The van der Waals surface area contributed by atoms with E-state index >= 15 is 0 Å². The third-order valence-electron chi connectivity index (χ3n) is 5.68. The van der Waals surface area contributed by atoms with Crippen LogP contribution < -0.4 is 14.4 Å². The minimum atomic E-state index is -0.872. The highest BCUT2D eigenvalue weighted by Gasteiger charge is 2.48. The Morgan fingerprint density at radius 2 is 1.61 bits per heavy atom. The molecule has 1 aliphatic heterocycles. The van der Waals surface area contributed by atoms with E-state index in [4.69, 9.17) is 9.47 Å². The van der Waals surface area contributed by atoms with Gasteiger partial charge in [-0.05, 0) is 58.7 Å². The maximum Gasteiger partial charge on any atom is 0.300 e. The van der Waals surface area contributed by atoms with E-state index in [9.17, 15) is 14.7 Å². The fourth-order valence-corrected chi connectivity index (χ4v) is 4.61. The van der Waals surface area contributed by atoms with Crippen LogP contribution in [0.2, 0.25) is 0 Å². The van der Waals surface area contributed by atoms with E-state index in [1.54, 1.807) is 42.5 Å². The number of nitrogens with zero attached hydrogens (tertiary/aromatic N) is 1. The Balaban J connectivity index is 2.00. The zero-order valence-electron chi connectivity index (χ0n) is 18.3. The number of carbonyl (C=O) groups is 2. The predicted molar refractivity (Wildman–Crippen MR) is 130 cm³/mol. The molecule has 168 valence electrons. The monoisotopic (exact) mass is 507 g/mol. The SMILES string of the molecule is COc1ccc(/C(O)=C2\C(=O)C(=O)N(c3ccccc3C)C2c2ccccc2OC)cc1Br. The van der Waals surface area contributed by atoms with Crippen LogP contribution in [0.5, 0.6) is 11.5 Å². The summed E-state index contributed by atoms with van der Waals surface area (Å²) in [5, 5.41) is 11.3. The summed E-state index contributed by atoms with van der Waals surface area (Å²) < 4.78 is 11.4. The van der Waals surface area contributed by atoms with Gasteiger partial charge in [0, 0.05) is 16.8 Å². The maximum atomic E-state index is 13.3. The normalized spacial score (nSPS) is 17.3. The lowest BCUT2D eigenvalue weighted by Gasteiger charge is -2.27. The molecule has 1 unspecified atom stereocenters. The van der Waals surface area contributed by atoms with Crippen LogP contribution in [0.3, 0.4) is 0 Å². The number of aryl methyl sites for hydroxylation is 1. The van der Waals surface area contributed by atoms with Crippen molar-refractivity contribution in [3.8, 4) is 11.5 Å². The van der Waals surface area contributed by atoms with Crippen molar-refractivity contribution >= 4 is 39.1 Å². The number of hydrogen-bond acceptors (Lipinski definition) is 5. The van der Waals surface area contributed by atoms with E-state index < -0.39 is 17.7 Å². The quantitative estimate of drug-likeness (QED) is 0.284. The standard InChI is InChI=1S/C26H22BrNO5/c1-15-8-4-6-10-19(15)28-23(17-9-5-7-11-20(17)32-2)22(25(30)26(28)31)24(29)16-12-13-21(33-3)18(27)14-16/h4-14,23,29H,1-3H3/b24-22+. The lowest BCUT2D eigenvalue weighted by atomic mass is 9.94. The Labute approximate surface area is 200 Å². The molecule has 1 atom stereocenters. The second kappa shape index (κ2) is 9.11. The molecule has 1 saturated heterocycles. The van der Waals surface area contributed by atoms with Crippen LogP contribution in [-0.4, -0.2) is 31.0 Å². The summed E-state index contributed by atoms with van der Waals surface area (Å²) >= 11 is 3.41. The zero-order chi connectivity index (χ0) is 23.7. The lowest BCUT2D eigenvalue weighted by molar-refractivity contribution is -0.132. The molecule has 1 N–H and O–H groups in total. The fourth-order valence-electron chi connectivity index (χ4n) is 4.07. The van der Waals surface area contributed by atoms with Crippen LogP contribution in [0.15, 0.2) is 76.8 Å². The molecule has 1 aliphatic rings. The number of rotatable bonds is 5. The number of ether oxygens (including phenoxy) is 2. The van der Waals surface area contributed by atoms with Crippen molar-refractivity contribution in [3.63, 3.8) is 0 Å². The Bertz CT molecular complexity index is 1280. The van der Waals surface area contributed by atoms with Crippen molar-refractivity contribution in [2.24, 2.45) is 0 Å². The second-order valence-electron chi connectivity index (χ2n) is 7.55. The average Bonchev–Trinajstić information content (AvgIpc) is 3.09. The van der Waals surface area contributed by atoms with Gasteiger partial charge in [0.2, 0.25) is 0 Å². The lowest BCUT2D eigenvalue weighted by Crippen LogP contribution is -2.30. The van der Waals surface area contributed by atoms with Gasteiger partial charge >= 0.3 is 0 Å². The highest BCUT2D eigenvalue weighted by atomic mass is 79.9. The summed E-state index contributed by atoms with van der Waals surface area (Å²) in [5.74, 6) is -0.672. The molecular formula is C26H22BrNO5. The number of benzene rings is 3. The van der Waals surface area contributed by atoms with Gasteiger partial charge in [-0.3, -0.25) is 14.5 Å². The molecule has 1 heterocycles. The number of carbonyl (C=O) groups excluding carboxylic acids is 2. The van der Waals surface area contributed by atoms with Gasteiger partial charge in [0.25, 0.3) is 11.7 Å². The molecule has 0 bridgehead atoms. The smallest absolute Gasteiger partial charge is 0.300 e.